The molecule has 2 aromatic rings. The molecule has 2 amide bonds. The molecule has 0 saturated heterocycles. The Hall–Kier alpha value is -1.95. The first-order valence-electron chi connectivity index (χ1n) is 6.03. The number of amides is 2. The number of carbonyl (C=O) groups is 2. The van der Waals surface area contributed by atoms with Gasteiger partial charge in [-0.15, -0.1) is 0 Å². The lowest BCUT2D eigenvalue weighted by molar-refractivity contribution is -0.123. The van der Waals surface area contributed by atoms with E-state index in [2.05, 4.69) is 15.6 Å². The molecule has 0 spiro atoms. The van der Waals surface area contributed by atoms with Crippen LogP contribution in [0.3, 0.4) is 0 Å². The van der Waals surface area contributed by atoms with E-state index in [0.717, 1.165) is 15.8 Å². The Morgan fingerprint density at radius 1 is 1.32 bits per heavy atom. The number of rotatable bonds is 4. The average Bonchev–Trinajstić information content (AvgIpc) is 2.80. The van der Waals surface area contributed by atoms with E-state index in [4.69, 9.17) is 0 Å². The smallest absolute Gasteiger partial charge is 0.245 e. The molecule has 2 N–H and O–H groups in total. The summed E-state index contributed by atoms with van der Waals surface area (Å²) in [6.07, 6.45) is 0.369. The molecule has 2 rings (SSSR count). The van der Waals surface area contributed by atoms with Gasteiger partial charge in [-0.3, -0.25) is 9.59 Å². The van der Waals surface area contributed by atoms with Crippen molar-refractivity contribution in [2.24, 2.45) is 0 Å². The zero-order valence-corrected chi connectivity index (χ0v) is 11.6. The summed E-state index contributed by atoms with van der Waals surface area (Å²) in [5.74, 6) is -0.409. The number of nitrogens with zero attached hydrogens (tertiary/aromatic N) is 1. The lowest BCUT2D eigenvalue weighted by atomic mass is 10.2. The van der Waals surface area contributed by atoms with Crippen LogP contribution in [-0.2, 0) is 9.59 Å². The molecule has 0 saturated carbocycles. The van der Waals surface area contributed by atoms with E-state index in [1.165, 1.54) is 11.3 Å². The summed E-state index contributed by atoms with van der Waals surface area (Å²) in [5.41, 5.74) is 1.98. The number of para-hydroxylation sites is 1. The molecule has 1 aromatic carbocycles. The number of thiazole rings is 1. The topological polar surface area (TPSA) is 71.1 Å². The normalized spacial score (nSPS) is 10.4. The Bertz CT molecular complexity index is 621. The minimum atomic E-state index is -0.265. The number of fused-ring (bicyclic) bond motifs is 1. The fourth-order valence-electron chi connectivity index (χ4n) is 1.61. The Morgan fingerprint density at radius 2 is 2.11 bits per heavy atom. The predicted octanol–water partition coefficient (Wildman–Crippen LogP) is 2.07. The van der Waals surface area contributed by atoms with Gasteiger partial charge in [0, 0.05) is 6.42 Å². The van der Waals surface area contributed by atoms with Crippen molar-refractivity contribution in [2.45, 2.75) is 20.3 Å². The quantitative estimate of drug-likeness (QED) is 0.898. The molecular formula is C13H15N3O2S. The van der Waals surface area contributed by atoms with E-state index in [-0.39, 0.29) is 18.4 Å². The third-order valence-corrected chi connectivity index (χ3v) is 3.57. The van der Waals surface area contributed by atoms with Crippen molar-refractivity contribution in [2.75, 3.05) is 11.9 Å². The molecule has 1 aromatic heterocycles. The first-order chi connectivity index (χ1) is 9.10. The van der Waals surface area contributed by atoms with Crippen LogP contribution >= 0.6 is 11.3 Å². The van der Waals surface area contributed by atoms with Crippen molar-refractivity contribution in [1.29, 1.82) is 0 Å². The number of aromatic nitrogens is 1. The summed E-state index contributed by atoms with van der Waals surface area (Å²) >= 11 is 1.42. The van der Waals surface area contributed by atoms with Gasteiger partial charge in [0.05, 0.1) is 16.8 Å². The summed E-state index contributed by atoms with van der Waals surface area (Å²) in [6.45, 7) is 3.69. The maximum absolute atomic E-state index is 11.6. The second-order valence-corrected chi connectivity index (χ2v) is 5.15. The second-order valence-electron chi connectivity index (χ2n) is 4.12. The van der Waals surface area contributed by atoms with Gasteiger partial charge < -0.3 is 10.6 Å². The van der Waals surface area contributed by atoms with E-state index in [9.17, 15) is 9.59 Å². The van der Waals surface area contributed by atoms with Gasteiger partial charge in [-0.05, 0) is 18.6 Å². The maximum Gasteiger partial charge on any atom is 0.245 e. The van der Waals surface area contributed by atoms with E-state index in [1.54, 1.807) is 6.92 Å². The van der Waals surface area contributed by atoms with Crippen molar-refractivity contribution in [3.63, 3.8) is 0 Å². The maximum atomic E-state index is 11.6. The summed E-state index contributed by atoms with van der Waals surface area (Å²) in [7, 11) is 0. The number of hydrogen-bond acceptors (Lipinski definition) is 4. The van der Waals surface area contributed by atoms with Gasteiger partial charge in [-0.1, -0.05) is 30.4 Å². The minimum absolute atomic E-state index is 0.0262. The van der Waals surface area contributed by atoms with E-state index in [1.807, 2.05) is 25.1 Å². The third kappa shape index (κ3) is 3.29. The second kappa shape index (κ2) is 5.79. The van der Waals surface area contributed by atoms with Crippen LogP contribution in [0, 0.1) is 6.92 Å². The van der Waals surface area contributed by atoms with Crippen molar-refractivity contribution in [3.05, 3.63) is 23.8 Å². The largest absolute Gasteiger partial charge is 0.347 e. The van der Waals surface area contributed by atoms with Crippen LogP contribution < -0.4 is 10.6 Å². The number of carbonyl (C=O) groups excluding carboxylic acids is 2. The molecule has 1 heterocycles. The van der Waals surface area contributed by atoms with Crippen LogP contribution in [0.2, 0.25) is 0 Å². The van der Waals surface area contributed by atoms with E-state index in [0.29, 0.717) is 11.6 Å². The zero-order chi connectivity index (χ0) is 13.8. The molecule has 0 aliphatic heterocycles. The summed E-state index contributed by atoms with van der Waals surface area (Å²) in [5, 5.41) is 5.77. The van der Waals surface area contributed by atoms with Gasteiger partial charge in [0.1, 0.15) is 0 Å². The molecule has 0 atom stereocenters. The fraction of sp³-hybridized carbons (Fsp3) is 0.308. The average molecular weight is 277 g/mol. The monoisotopic (exact) mass is 277 g/mol. The Balaban J connectivity index is 2.03. The third-order valence-electron chi connectivity index (χ3n) is 2.63. The van der Waals surface area contributed by atoms with Crippen molar-refractivity contribution in [3.8, 4) is 0 Å². The first-order valence-corrected chi connectivity index (χ1v) is 6.84. The zero-order valence-electron chi connectivity index (χ0n) is 10.8. The predicted molar refractivity (Wildman–Crippen MR) is 76.3 cm³/mol. The minimum Gasteiger partial charge on any atom is -0.347 e. The molecule has 0 radical (unpaired) electrons. The summed E-state index contributed by atoms with van der Waals surface area (Å²) < 4.78 is 1.04. The van der Waals surface area contributed by atoms with Crippen LogP contribution in [0.15, 0.2) is 18.2 Å². The van der Waals surface area contributed by atoms with Gasteiger partial charge in [-0.25, -0.2) is 4.98 Å². The molecule has 6 heteroatoms. The van der Waals surface area contributed by atoms with Gasteiger partial charge in [-0.2, -0.15) is 0 Å². The number of hydrogen-bond donors (Lipinski definition) is 2. The SMILES string of the molecule is CCC(=O)NCC(=O)Nc1nc2c(C)cccc2s1. The Labute approximate surface area is 115 Å². The van der Waals surface area contributed by atoms with Gasteiger partial charge in [0.2, 0.25) is 11.8 Å². The molecular weight excluding hydrogens is 262 g/mol. The van der Waals surface area contributed by atoms with Crippen molar-refractivity contribution >= 4 is 38.5 Å². The van der Waals surface area contributed by atoms with Gasteiger partial charge in [0.15, 0.2) is 5.13 Å². The van der Waals surface area contributed by atoms with Crippen LogP contribution in [0.25, 0.3) is 10.2 Å². The number of nitrogens with one attached hydrogen (secondary N) is 2. The number of aryl methyl sites for hydroxylation is 1. The fourth-order valence-corrected chi connectivity index (χ4v) is 2.57. The van der Waals surface area contributed by atoms with Crippen molar-refractivity contribution < 1.29 is 9.59 Å². The van der Waals surface area contributed by atoms with Gasteiger partial charge in [0.25, 0.3) is 0 Å². The molecule has 19 heavy (non-hydrogen) atoms. The summed E-state index contributed by atoms with van der Waals surface area (Å²) in [4.78, 5) is 27.1. The standard InChI is InChI=1S/C13H15N3O2S/c1-3-10(17)14-7-11(18)15-13-16-12-8(2)5-4-6-9(12)19-13/h4-6H,3,7H2,1-2H3,(H,14,17)(H,15,16,18). The highest BCUT2D eigenvalue weighted by atomic mass is 32.1. The van der Waals surface area contributed by atoms with E-state index >= 15 is 0 Å². The van der Waals surface area contributed by atoms with Crippen LogP contribution in [0.4, 0.5) is 5.13 Å². The lowest BCUT2D eigenvalue weighted by Gasteiger charge is -2.02. The van der Waals surface area contributed by atoms with E-state index < -0.39 is 0 Å². The molecule has 100 valence electrons. The van der Waals surface area contributed by atoms with Crippen molar-refractivity contribution in [1.82, 2.24) is 10.3 Å². The number of benzene rings is 1. The van der Waals surface area contributed by atoms with Crippen LogP contribution in [0.5, 0.6) is 0 Å². The van der Waals surface area contributed by atoms with Crippen LogP contribution in [0.1, 0.15) is 18.9 Å². The number of anilines is 1. The summed E-state index contributed by atoms with van der Waals surface area (Å²) in [6, 6.07) is 5.91. The molecule has 0 fully saturated rings. The highest BCUT2D eigenvalue weighted by molar-refractivity contribution is 7.22. The van der Waals surface area contributed by atoms with Crippen LogP contribution in [-0.4, -0.2) is 23.3 Å². The molecule has 0 bridgehead atoms. The first kappa shape index (κ1) is 13.5. The molecule has 0 unspecified atom stereocenters. The molecule has 0 aliphatic carbocycles. The van der Waals surface area contributed by atoms with Gasteiger partial charge >= 0.3 is 0 Å². The Morgan fingerprint density at radius 3 is 2.79 bits per heavy atom. The highest BCUT2D eigenvalue weighted by Gasteiger charge is 2.09. The Kier molecular flexibility index (Phi) is 4.11. The highest BCUT2D eigenvalue weighted by Crippen LogP contribution is 2.27. The lowest BCUT2D eigenvalue weighted by Crippen LogP contribution is -2.32. The molecule has 5 nitrogen and oxygen atoms in total. The molecule has 0 aliphatic rings.